The summed E-state index contributed by atoms with van der Waals surface area (Å²) >= 11 is 0. The molecule has 0 amide bonds. The van der Waals surface area contributed by atoms with Gasteiger partial charge in [-0.1, -0.05) is 90.1 Å². The fourth-order valence-electron chi connectivity index (χ4n) is 5.38. The maximum atomic E-state index is 10.4. The smallest absolute Gasteiger partial charge is 0.145 e. The first-order chi connectivity index (χ1) is 25.4. The molecule has 0 aliphatic heterocycles. The molecule has 7 aromatic carbocycles. The molecule has 0 heterocycles. The standard InChI is InChI=1S/C46H30N2O4/c47-41-24-21-36(29-43(41)49)51-38-26-35(20-17-32-12-6-2-7-13-32)46-39(23-18-33-14-8-3-9-15-33)45(52-37-22-25-42(48)44(50)30-37)27-34(40(46)28-38)19-16-31-10-4-1-5-11-31/h1-15,21-22,24-30,49-50H,47-48H2. The highest BCUT2D eigenvalue weighted by Crippen LogP contribution is 2.40. The predicted octanol–water partition coefficient (Wildman–Crippen LogP) is 9.20. The second-order valence-corrected chi connectivity index (χ2v) is 11.7. The molecule has 0 aromatic heterocycles. The van der Waals surface area contributed by atoms with Gasteiger partial charge < -0.3 is 31.2 Å². The molecule has 0 aliphatic carbocycles. The van der Waals surface area contributed by atoms with Gasteiger partial charge >= 0.3 is 0 Å². The van der Waals surface area contributed by atoms with Crippen molar-refractivity contribution in [3.05, 3.63) is 179 Å². The van der Waals surface area contributed by atoms with Crippen molar-refractivity contribution in [3.8, 4) is 70.0 Å². The number of hydrogen-bond acceptors (Lipinski definition) is 6. The number of nitrogen functional groups attached to an aromatic ring is 2. The molecular weight excluding hydrogens is 645 g/mol. The lowest BCUT2D eigenvalue weighted by atomic mass is 9.93. The maximum Gasteiger partial charge on any atom is 0.145 e. The Balaban J connectivity index is 1.54. The van der Waals surface area contributed by atoms with E-state index in [-0.39, 0.29) is 22.9 Å². The molecule has 7 aromatic rings. The van der Waals surface area contributed by atoms with E-state index >= 15 is 0 Å². The van der Waals surface area contributed by atoms with E-state index in [1.165, 1.54) is 12.1 Å². The number of phenols is 2. The number of aromatic hydroxyl groups is 2. The number of phenolic OH excluding ortho intramolecular Hbond substituents is 2. The largest absolute Gasteiger partial charge is 0.506 e. The van der Waals surface area contributed by atoms with Crippen molar-refractivity contribution in [2.45, 2.75) is 0 Å². The van der Waals surface area contributed by atoms with Gasteiger partial charge in [-0.2, -0.15) is 0 Å². The Kier molecular flexibility index (Phi) is 9.34. The van der Waals surface area contributed by atoms with E-state index in [0.29, 0.717) is 50.5 Å². The van der Waals surface area contributed by atoms with Gasteiger partial charge in [0, 0.05) is 50.7 Å². The Morgan fingerprint density at radius 1 is 0.423 bits per heavy atom. The average molecular weight is 675 g/mol. The molecule has 6 heteroatoms. The van der Waals surface area contributed by atoms with Crippen molar-refractivity contribution in [2.75, 3.05) is 11.5 Å². The average Bonchev–Trinajstić information content (AvgIpc) is 3.17. The molecule has 0 saturated heterocycles. The molecule has 0 saturated carbocycles. The lowest BCUT2D eigenvalue weighted by molar-refractivity contribution is 0.455. The lowest BCUT2D eigenvalue weighted by Gasteiger charge is -2.16. The zero-order chi connectivity index (χ0) is 35.9. The van der Waals surface area contributed by atoms with Crippen molar-refractivity contribution in [3.63, 3.8) is 0 Å². The molecule has 0 radical (unpaired) electrons. The first-order valence-electron chi connectivity index (χ1n) is 16.3. The van der Waals surface area contributed by atoms with Crippen molar-refractivity contribution >= 4 is 22.1 Å². The Bertz CT molecular complexity index is 2620. The summed E-state index contributed by atoms with van der Waals surface area (Å²) in [6, 6.07) is 43.9. The van der Waals surface area contributed by atoms with Crippen LogP contribution < -0.4 is 20.9 Å². The molecule has 6 N–H and O–H groups in total. The molecule has 6 nitrogen and oxygen atoms in total. The third-order valence-corrected chi connectivity index (χ3v) is 7.98. The second-order valence-electron chi connectivity index (χ2n) is 11.7. The highest BCUT2D eigenvalue weighted by atomic mass is 16.5. The highest BCUT2D eigenvalue weighted by molar-refractivity contribution is 6.00. The number of rotatable bonds is 4. The third kappa shape index (κ3) is 7.61. The Morgan fingerprint density at radius 3 is 1.42 bits per heavy atom. The fraction of sp³-hybridized carbons (Fsp3) is 0. The van der Waals surface area contributed by atoms with Gasteiger partial charge in [-0.3, -0.25) is 0 Å². The van der Waals surface area contributed by atoms with E-state index in [9.17, 15) is 10.2 Å². The minimum Gasteiger partial charge on any atom is -0.506 e. The normalized spacial score (nSPS) is 10.2. The molecule has 0 atom stereocenters. The number of ether oxygens (including phenoxy) is 2. The van der Waals surface area contributed by atoms with E-state index < -0.39 is 0 Å². The number of benzene rings is 7. The maximum absolute atomic E-state index is 10.4. The summed E-state index contributed by atoms with van der Waals surface area (Å²) in [5.41, 5.74) is 16.5. The zero-order valence-corrected chi connectivity index (χ0v) is 27.7. The van der Waals surface area contributed by atoms with E-state index in [4.69, 9.17) is 20.9 Å². The van der Waals surface area contributed by atoms with Crippen LogP contribution in [0.15, 0.2) is 146 Å². The zero-order valence-electron chi connectivity index (χ0n) is 27.7. The minimum absolute atomic E-state index is 0.0919. The van der Waals surface area contributed by atoms with Gasteiger partial charge in [0.15, 0.2) is 0 Å². The van der Waals surface area contributed by atoms with Gasteiger partial charge in [0.05, 0.1) is 16.9 Å². The summed E-state index contributed by atoms with van der Waals surface area (Å²) in [5, 5.41) is 22.1. The van der Waals surface area contributed by atoms with Crippen LogP contribution in [-0.4, -0.2) is 10.2 Å². The number of nitrogens with two attached hydrogens (primary N) is 2. The van der Waals surface area contributed by atoms with Gasteiger partial charge in [-0.15, -0.1) is 0 Å². The quantitative estimate of drug-likeness (QED) is 0.0842. The SMILES string of the molecule is Nc1ccc(Oc2cc(C#Cc3ccccc3)c3c(C#Cc4ccccc4)c(Oc4ccc(N)c(O)c4)cc(C#Cc4ccccc4)c3c2)cc1O. The molecule has 0 spiro atoms. The van der Waals surface area contributed by atoms with Gasteiger partial charge in [0.1, 0.15) is 34.5 Å². The monoisotopic (exact) mass is 674 g/mol. The summed E-state index contributed by atoms with van der Waals surface area (Å²) in [6.45, 7) is 0. The van der Waals surface area contributed by atoms with E-state index in [2.05, 4.69) is 35.5 Å². The van der Waals surface area contributed by atoms with E-state index in [1.807, 2.05) is 109 Å². The number of hydrogen-bond donors (Lipinski definition) is 4. The van der Waals surface area contributed by atoms with Crippen LogP contribution in [0, 0.1) is 35.5 Å². The first-order valence-corrected chi connectivity index (χ1v) is 16.3. The summed E-state index contributed by atoms with van der Waals surface area (Å²) in [6.07, 6.45) is 0. The summed E-state index contributed by atoms with van der Waals surface area (Å²) in [7, 11) is 0. The molecule has 7 rings (SSSR count). The topological polar surface area (TPSA) is 111 Å². The summed E-state index contributed by atoms with van der Waals surface area (Å²) in [5.74, 6) is 21.4. The van der Waals surface area contributed by atoms with Crippen LogP contribution >= 0.6 is 0 Å². The lowest BCUT2D eigenvalue weighted by Crippen LogP contribution is -1.97. The highest BCUT2D eigenvalue weighted by Gasteiger charge is 2.18. The van der Waals surface area contributed by atoms with Crippen LogP contribution in [0.4, 0.5) is 11.4 Å². The Labute approximate surface area is 301 Å². The predicted molar refractivity (Wildman–Crippen MR) is 206 cm³/mol. The molecule has 52 heavy (non-hydrogen) atoms. The Hall–Kier alpha value is -7.72. The fourth-order valence-corrected chi connectivity index (χ4v) is 5.38. The van der Waals surface area contributed by atoms with Gasteiger partial charge in [-0.25, -0.2) is 0 Å². The van der Waals surface area contributed by atoms with Crippen LogP contribution in [-0.2, 0) is 0 Å². The van der Waals surface area contributed by atoms with Crippen LogP contribution in [0.25, 0.3) is 10.8 Å². The summed E-state index contributed by atoms with van der Waals surface area (Å²) in [4.78, 5) is 0. The van der Waals surface area contributed by atoms with E-state index in [1.54, 1.807) is 24.3 Å². The van der Waals surface area contributed by atoms with Crippen molar-refractivity contribution < 1.29 is 19.7 Å². The van der Waals surface area contributed by atoms with Crippen molar-refractivity contribution in [2.24, 2.45) is 0 Å². The molecule has 0 fully saturated rings. The van der Waals surface area contributed by atoms with Gasteiger partial charge in [0.25, 0.3) is 0 Å². The molecule has 0 aliphatic rings. The molecule has 0 bridgehead atoms. The molecule has 248 valence electrons. The van der Waals surface area contributed by atoms with Crippen LogP contribution in [0.2, 0.25) is 0 Å². The van der Waals surface area contributed by atoms with Crippen LogP contribution in [0.5, 0.6) is 34.5 Å². The Morgan fingerprint density at radius 2 is 0.904 bits per heavy atom. The van der Waals surface area contributed by atoms with Gasteiger partial charge in [0.2, 0.25) is 0 Å². The van der Waals surface area contributed by atoms with E-state index in [0.717, 1.165) is 16.7 Å². The van der Waals surface area contributed by atoms with Gasteiger partial charge in [-0.05, 0) is 78.9 Å². The van der Waals surface area contributed by atoms with Crippen LogP contribution in [0.3, 0.4) is 0 Å². The third-order valence-electron chi connectivity index (χ3n) is 7.98. The number of anilines is 2. The molecular formula is C46H30N2O4. The number of fused-ring (bicyclic) bond motifs is 1. The van der Waals surface area contributed by atoms with Crippen molar-refractivity contribution in [1.82, 2.24) is 0 Å². The van der Waals surface area contributed by atoms with Crippen LogP contribution in [0.1, 0.15) is 33.4 Å². The molecule has 0 unspecified atom stereocenters. The first kappa shape index (κ1) is 32.8. The minimum atomic E-state index is -0.107. The second kappa shape index (κ2) is 14.8. The van der Waals surface area contributed by atoms with Crippen molar-refractivity contribution in [1.29, 1.82) is 0 Å². The summed E-state index contributed by atoms with van der Waals surface area (Å²) < 4.78 is 12.8.